The van der Waals surface area contributed by atoms with E-state index in [1.165, 1.54) is 0 Å². The van der Waals surface area contributed by atoms with E-state index in [1.54, 1.807) is 18.2 Å². The van der Waals surface area contributed by atoms with Crippen molar-refractivity contribution in [3.8, 4) is 6.07 Å². The fourth-order valence-electron chi connectivity index (χ4n) is 3.61. The van der Waals surface area contributed by atoms with Crippen molar-refractivity contribution >= 4 is 34.1 Å². The lowest BCUT2D eigenvalue weighted by atomic mass is 10.1. The summed E-state index contributed by atoms with van der Waals surface area (Å²) in [5, 5.41) is 19.5. The molecule has 0 radical (unpaired) electrons. The highest BCUT2D eigenvalue weighted by Gasteiger charge is 2.29. The number of halogens is 1. The number of nitriles is 1. The van der Waals surface area contributed by atoms with Gasteiger partial charge in [-0.3, -0.25) is 4.79 Å². The minimum atomic E-state index is 0.0333. The fourth-order valence-corrected chi connectivity index (χ4v) is 3.81. The molecule has 1 unspecified atom stereocenters. The van der Waals surface area contributed by atoms with Crippen LogP contribution in [0.25, 0.3) is 10.8 Å². The molecule has 1 aliphatic heterocycles. The van der Waals surface area contributed by atoms with Gasteiger partial charge in [0.1, 0.15) is 0 Å². The Morgan fingerprint density at radius 3 is 2.64 bits per heavy atom. The highest BCUT2D eigenvalue weighted by atomic mass is 35.5. The van der Waals surface area contributed by atoms with Gasteiger partial charge in [0.2, 0.25) is 0 Å². The van der Waals surface area contributed by atoms with Gasteiger partial charge >= 0.3 is 0 Å². The summed E-state index contributed by atoms with van der Waals surface area (Å²) in [7, 11) is 0. The van der Waals surface area contributed by atoms with Crippen LogP contribution in [0.4, 0.5) is 5.82 Å². The lowest BCUT2D eigenvalue weighted by Gasteiger charge is -2.40. The van der Waals surface area contributed by atoms with Gasteiger partial charge in [0.25, 0.3) is 5.91 Å². The van der Waals surface area contributed by atoms with Crippen molar-refractivity contribution in [2.45, 2.75) is 13.0 Å². The lowest BCUT2D eigenvalue weighted by Crippen LogP contribution is -2.54. The van der Waals surface area contributed by atoms with Gasteiger partial charge in [0, 0.05) is 42.0 Å². The minimum absolute atomic E-state index is 0.0333. The van der Waals surface area contributed by atoms with Crippen molar-refractivity contribution in [3.05, 3.63) is 64.8 Å². The molecule has 1 atom stereocenters. The molecule has 0 bridgehead atoms. The number of carbonyl (C=O) groups is 1. The first-order chi connectivity index (χ1) is 13.6. The van der Waals surface area contributed by atoms with E-state index in [9.17, 15) is 10.1 Å². The van der Waals surface area contributed by atoms with E-state index in [0.29, 0.717) is 41.7 Å². The van der Waals surface area contributed by atoms with E-state index < -0.39 is 0 Å². The summed E-state index contributed by atoms with van der Waals surface area (Å²) >= 11 is 6.20. The highest BCUT2D eigenvalue weighted by molar-refractivity contribution is 6.34. The molecule has 0 aliphatic carbocycles. The molecule has 2 aromatic carbocycles. The third-order valence-electron chi connectivity index (χ3n) is 5.05. The van der Waals surface area contributed by atoms with Crippen LogP contribution in [0, 0.1) is 11.3 Å². The molecule has 7 heteroatoms. The van der Waals surface area contributed by atoms with Gasteiger partial charge in [0.05, 0.1) is 11.6 Å². The van der Waals surface area contributed by atoms with Crippen molar-refractivity contribution in [3.63, 3.8) is 0 Å². The van der Waals surface area contributed by atoms with Gasteiger partial charge in [-0.25, -0.2) is 0 Å². The number of fused-ring (bicyclic) bond motifs is 1. The molecule has 0 spiro atoms. The topological polar surface area (TPSA) is 73.1 Å². The second-order valence-corrected chi connectivity index (χ2v) is 7.20. The van der Waals surface area contributed by atoms with Crippen LogP contribution in [0.1, 0.15) is 22.8 Å². The highest BCUT2D eigenvalue weighted by Crippen LogP contribution is 2.31. The summed E-state index contributed by atoms with van der Waals surface area (Å²) in [5.41, 5.74) is 1.24. The van der Waals surface area contributed by atoms with E-state index in [2.05, 4.69) is 28.1 Å². The Balaban J connectivity index is 1.63. The van der Waals surface area contributed by atoms with Crippen molar-refractivity contribution in [1.82, 2.24) is 15.1 Å². The molecular formula is C21H18ClN5O. The van der Waals surface area contributed by atoms with Gasteiger partial charge < -0.3 is 9.80 Å². The Morgan fingerprint density at radius 1 is 1.14 bits per heavy atom. The smallest absolute Gasteiger partial charge is 0.253 e. The van der Waals surface area contributed by atoms with Crippen LogP contribution in [0.3, 0.4) is 0 Å². The van der Waals surface area contributed by atoms with Gasteiger partial charge in [-0.15, -0.1) is 10.2 Å². The molecule has 1 amide bonds. The third kappa shape index (κ3) is 3.25. The van der Waals surface area contributed by atoms with Crippen molar-refractivity contribution in [2.75, 3.05) is 24.5 Å². The van der Waals surface area contributed by atoms with Crippen molar-refractivity contribution < 1.29 is 4.79 Å². The van der Waals surface area contributed by atoms with Gasteiger partial charge in [-0.05, 0) is 37.3 Å². The lowest BCUT2D eigenvalue weighted by molar-refractivity contribution is 0.0726. The Labute approximate surface area is 168 Å². The number of carbonyl (C=O) groups excluding carboxylic acids is 1. The maximum Gasteiger partial charge on any atom is 0.253 e. The second-order valence-electron chi connectivity index (χ2n) is 6.85. The Morgan fingerprint density at radius 2 is 1.93 bits per heavy atom. The van der Waals surface area contributed by atoms with Crippen LogP contribution < -0.4 is 4.90 Å². The maximum absolute atomic E-state index is 12.8. The number of benzene rings is 2. The quantitative estimate of drug-likeness (QED) is 0.668. The predicted molar refractivity (Wildman–Crippen MR) is 108 cm³/mol. The van der Waals surface area contributed by atoms with E-state index in [-0.39, 0.29) is 11.9 Å². The minimum Gasteiger partial charge on any atom is -0.348 e. The monoisotopic (exact) mass is 391 g/mol. The molecule has 1 saturated heterocycles. The predicted octanol–water partition coefficient (Wildman–Crippen LogP) is 3.51. The molecule has 4 rings (SSSR count). The molecule has 140 valence electrons. The summed E-state index contributed by atoms with van der Waals surface area (Å²) in [4.78, 5) is 16.7. The first-order valence-electron chi connectivity index (χ1n) is 9.05. The summed E-state index contributed by atoms with van der Waals surface area (Å²) < 4.78 is 0. The molecule has 1 aliphatic rings. The average molecular weight is 392 g/mol. The SMILES string of the molecule is CC1CN(C(=O)c2ccccc2)CCN1c1nnc(Cl)c2ccc(C#N)cc12. The number of hydrogen-bond acceptors (Lipinski definition) is 5. The second kappa shape index (κ2) is 7.45. The Hall–Kier alpha value is -3.17. The van der Waals surface area contributed by atoms with E-state index in [4.69, 9.17) is 11.6 Å². The molecule has 1 aromatic heterocycles. The van der Waals surface area contributed by atoms with Crippen LogP contribution in [-0.2, 0) is 0 Å². The molecule has 28 heavy (non-hydrogen) atoms. The van der Waals surface area contributed by atoms with Gasteiger partial charge in [-0.1, -0.05) is 29.8 Å². The normalized spacial score (nSPS) is 16.8. The van der Waals surface area contributed by atoms with Crippen LogP contribution in [-0.4, -0.2) is 46.7 Å². The number of hydrogen-bond donors (Lipinski definition) is 0. The summed E-state index contributed by atoms with van der Waals surface area (Å²) in [6.45, 7) is 3.85. The van der Waals surface area contributed by atoms with E-state index >= 15 is 0 Å². The Kier molecular flexibility index (Phi) is 4.84. The number of nitrogens with zero attached hydrogens (tertiary/aromatic N) is 5. The number of piperazine rings is 1. The fraction of sp³-hybridized carbons (Fsp3) is 0.238. The number of anilines is 1. The van der Waals surface area contributed by atoms with Crippen LogP contribution >= 0.6 is 11.6 Å². The van der Waals surface area contributed by atoms with E-state index in [1.807, 2.05) is 35.2 Å². The summed E-state index contributed by atoms with van der Waals surface area (Å²) in [5.74, 6) is 0.724. The number of rotatable bonds is 2. The number of aromatic nitrogens is 2. The van der Waals surface area contributed by atoms with Crippen molar-refractivity contribution in [1.29, 1.82) is 5.26 Å². The zero-order valence-electron chi connectivity index (χ0n) is 15.3. The van der Waals surface area contributed by atoms with Crippen LogP contribution in [0.2, 0.25) is 5.15 Å². The zero-order valence-corrected chi connectivity index (χ0v) is 16.1. The third-order valence-corrected chi connectivity index (χ3v) is 5.33. The van der Waals surface area contributed by atoms with Gasteiger partial charge in [0.15, 0.2) is 11.0 Å². The first kappa shape index (κ1) is 18.2. The van der Waals surface area contributed by atoms with Gasteiger partial charge in [-0.2, -0.15) is 5.26 Å². The molecular weight excluding hydrogens is 374 g/mol. The molecule has 0 saturated carbocycles. The van der Waals surface area contributed by atoms with E-state index in [0.717, 1.165) is 10.8 Å². The molecule has 1 fully saturated rings. The first-order valence-corrected chi connectivity index (χ1v) is 9.43. The maximum atomic E-state index is 12.8. The average Bonchev–Trinajstić information content (AvgIpc) is 2.74. The zero-order chi connectivity index (χ0) is 19.7. The van der Waals surface area contributed by atoms with Crippen LogP contribution in [0.5, 0.6) is 0 Å². The van der Waals surface area contributed by atoms with Crippen LogP contribution in [0.15, 0.2) is 48.5 Å². The van der Waals surface area contributed by atoms with Crippen molar-refractivity contribution in [2.24, 2.45) is 0 Å². The standard InChI is InChI=1S/C21H18ClN5O/c1-14-13-26(21(28)16-5-3-2-4-6-16)9-10-27(14)20-18-11-15(12-23)7-8-17(18)19(22)24-25-20/h2-8,11,14H,9-10,13H2,1H3. The molecule has 2 heterocycles. The Bertz CT molecular complexity index is 1080. The number of amides is 1. The molecule has 3 aromatic rings. The largest absolute Gasteiger partial charge is 0.348 e. The summed E-state index contributed by atoms with van der Waals surface area (Å²) in [6, 6.07) is 16.8. The molecule has 0 N–H and O–H groups in total. The molecule has 6 nitrogen and oxygen atoms in total. The summed E-state index contributed by atoms with van der Waals surface area (Å²) in [6.07, 6.45) is 0.